The third-order valence-electron chi connectivity index (χ3n) is 6.29. The maximum absolute atomic E-state index is 13.3. The maximum atomic E-state index is 13.3. The highest BCUT2D eigenvalue weighted by Crippen LogP contribution is 2.37. The summed E-state index contributed by atoms with van der Waals surface area (Å²) >= 11 is 0. The highest BCUT2D eigenvalue weighted by atomic mass is 19.4. The van der Waals surface area contributed by atoms with Gasteiger partial charge >= 0.3 is 18.0 Å². The van der Waals surface area contributed by atoms with Crippen molar-refractivity contribution in [2.75, 3.05) is 13.2 Å². The molecule has 1 aromatic heterocycles. The molecule has 0 saturated carbocycles. The molecule has 0 aliphatic carbocycles. The summed E-state index contributed by atoms with van der Waals surface area (Å²) in [5.74, 6) is -0.145. The maximum Gasteiger partial charge on any atom is 0.416 e. The van der Waals surface area contributed by atoms with Crippen LogP contribution in [0, 0.1) is 5.92 Å². The molecule has 4 rings (SSSR count). The van der Waals surface area contributed by atoms with Crippen LogP contribution in [0.5, 0.6) is 0 Å². The lowest BCUT2D eigenvalue weighted by atomic mass is 9.81. The minimum atomic E-state index is -4.94. The zero-order chi connectivity index (χ0) is 28.8. The number of hydrogen-bond acceptors (Lipinski definition) is 4. The van der Waals surface area contributed by atoms with Crippen LogP contribution in [-0.2, 0) is 30.2 Å². The first kappa shape index (κ1) is 29.1. The Morgan fingerprint density at radius 2 is 1.38 bits per heavy atom. The molecule has 4 aromatic rings. The van der Waals surface area contributed by atoms with Crippen molar-refractivity contribution < 1.29 is 31.1 Å². The van der Waals surface area contributed by atoms with Crippen LogP contribution in [0.3, 0.4) is 0 Å². The topological polar surface area (TPSA) is 82.8 Å². The van der Waals surface area contributed by atoms with Gasteiger partial charge in [0.05, 0.1) is 30.9 Å². The molecule has 6 nitrogen and oxygen atoms in total. The second-order valence-corrected chi connectivity index (χ2v) is 9.24. The fraction of sp³-hybridized carbons (Fsp3) is 0.286. The average Bonchev–Trinajstić information content (AvgIpc) is 3.33. The number of alkyl halides is 6. The summed E-state index contributed by atoms with van der Waals surface area (Å²) < 4.78 is 85.6. The van der Waals surface area contributed by atoms with Gasteiger partial charge < -0.3 is 10.1 Å². The van der Waals surface area contributed by atoms with E-state index in [1.165, 1.54) is 0 Å². The summed E-state index contributed by atoms with van der Waals surface area (Å²) in [6.45, 7) is 0.108. The van der Waals surface area contributed by atoms with Crippen LogP contribution in [0.25, 0.3) is 0 Å². The fourth-order valence-electron chi connectivity index (χ4n) is 4.53. The van der Waals surface area contributed by atoms with Crippen LogP contribution in [0.2, 0.25) is 0 Å². The number of nitrogens with zero attached hydrogens (tertiary/aromatic N) is 1. The molecule has 3 aromatic carbocycles. The fourth-order valence-corrected chi connectivity index (χ4v) is 4.53. The lowest BCUT2D eigenvalue weighted by molar-refractivity contribution is -0.143. The number of ether oxygens (including phenoxy) is 1. The molecular formula is C28H26F6N4O2. The van der Waals surface area contributed by atoms with Gasteiger partial charge in [0.1, 0.15) is 5.82 Å². The molecule has 3 N–H and O–H groups in total. The van der Waals surface area contributed by atoms with Crippen molar-refractivity contribution in [3.63, 3.8) is 0 Å². The van der Waals surface area contributed by atoms with E-state index in [1.807, 2.05) is 60.7 Å². The van der Waals surface area contributed by atoms with Crippen molar-refractivity contribution in [3.05, 3.63) is 123 Å². The summed E-state index contributed by atoms with van der Waals surface area (Å²) in [6, 6.07) is 20.5. The number of H-pyrrole nitrogens is 2. The molecular weight excluding hydrogens is 538 g/mol. The quantitative estimate of drug-likeness (QED) is 0.199. The van der Waals surface area contributed by atoms with Crippen molar-refractivity contribution in [2.45, 2.75) is 31.4 Å². The van der Waals surface area contributed by atoms with Gasteiger partial charge in [0.2, 0.25) is 0 Å². The molecule has 0 radical (unpaired) electrons. The monoisotopic (exact) mass is 564 g/mol. The van der Waals surface area contributed by atoms with Crippen molar-refractivity contribution in [2.24, 2.45) is 5.92 Å². The second kappa shape index (κ2) is 12.5. The van der Waals surface area contributed by atoms with Crippen LogP contribution in [0.1, 0.15) is 39.6 Å². The van der Waals surface area contributed by atoms with E-state index in [4.69, 9.17) is 4.74 Å². The third kappa shape index (κ3) is 7.82. The van der Waals surface area contributed by atoms with Gasteiger partial charge in [-0.25, -0.2) is 9.89 Å². The van der Waals surface area contributed by atoms with E-state index in [1.54, 1.807) is 0 Å². The third-order valence-corrected chi connectivity index (χ3v) is 6.29. The normalized spacial score (nSPS) is 13.1. The van der Waals surface area contributed by atoms with E-state index in [0.29, 0.717) is 24.5 Å². The van der Waals surface area contributed by atoms with Crippen LogP contribution in [-0.4, -0.2) is 28.3 Å². The zero-order valence-corrected chi connectivity index (χ0v) is 21.0. The molecule has 1 heterocycles. The van der Waals surface area contributed by atoms with Gasteiger partial charge in [0.15, 0.2) is 0 Å². The first-order chi connectivity index (χ1) is 19.0. The standard InChI is InChI=1S/C28H26F6N4O2/c29-27(30,31)22-11-18(12-23(13-22)28(32,33)34)16-40-17-21(14-35-15-24-36-26(39)38-37-24)25(19-7-3-1-4-8-19)20-9-5-2-6-10-20/h1-13,21,25,35H,14-17H2,(H2,36,37,38,39). The Balaban J connectivity index is 1.58. The lowest BCUT2D eigenvalue weighted by Crippen LogP contribution is -2.31. The van der Waals surface area contributed by atoms with E-state index in [-0.39, 0.29) is 36.6 Å². The first-order valence-corrected chi connectivity index (χ1v) is 12.3. The van der Waals surface area contributed by atoms with Crippen LogP contribution >= 0.6 is 0 Å². The Morgan fingerprint density at radius 1 is 0.825 bits per heavy atom. The van der Waals surface area contributed by atoms with Crippen molar-refractivity contribution in [1.82, 2.24) is 20.5 Å². The number of rotatable bonds is 11. The molecule has 0 bridgehead atoms. The molecule has 40 heavy (non-hydrogen) atoms. The van der Waals surface area contributed by atoms with Gasteiger partial charge in [-0.3, -0.25) is 4.98 Å². The van der Waals surface area contributed by atoms with E-state index in [0.717, 1.165) is 11.1 Å². The average molecular weight is 565 g/mol. The molecule has 1 atom stereocenters. The van der Waals surface area contributed by atoms with E-state index < -0.39 is 35.8 Å². The minimum Gasteiger partial charge on any atom is -0.376 e. The number of nitrogens with one attached hydrogen (secondary N) is 3. The molecule has 0 aliphatic rings. The number of aromatic amines is 2. The van der Waals surface area contributed by atoms with Gasteiger partial charge in [-0.15, -0.1) is 0 Å². The van der Waals surface area contributed by atoms with Crippen molar-refractivity contribution in [1.29, 1.82) is 0 Å². The molecule has 0 aliphatic heterocycles. The summed E-state index contributed by atoms with van der Waals surface area (Å²) in [7, 11) is 0. The predicted molar refractivity (Wildman–Crippen MR) is 135 cm³/mol. The van der Waals surface area contributed by atoms with Gasteiger partial charge in [0.25, 0.3) is 0 Å². The second-order valence-electron chi connectivity index (χ2n) is 9.24. The van der Waals surface area contributed by atoms with Crippen molar-refractivity contribution in [3.8, 4) is 0 Å². The summed E-state index contributed by atoms with van der Waals surface area (Å²) in [5.41, 5.74) is -1.56. The SMILES string of the molecule is O=c1[nH]nc(CNCC(COCc2cc(C(F)(F)F)cc(C(F)(F)F)c2)C(c2ccccc2)c2ccccc2)[nH]1. The summed E-state index contributed by atoms with van der Waals surface area (Å²) in [6.07, 6.45) is -9.89. The van der Waals surface area contributed by atoms with E-state index in [9.17, 15) is 31.1 Å². The Hall–Kier alpha value is -3.90. The molecule has 1 unspecified atom stereocenters. The van der Waals surface area contributed by atoms with Gasteiger partial charge in [-0.2, -0.15) is 31.4 Å². The lowest BCUT2D eigenvalue weighted by Gasteiger charge is -2.28. The van der Waals surface area contributed by atoms with Crippen LogP contribution in [0.4, 0.5) is 26.3 Å². The number of aromatic nitrogens is 3. The van der Waals surface area contributed by atoms with Gasteiger partial charge in [-0.05, 0) is 34.9 Å². The number of hydrogen-bond donors (Lipinski definition) is 3. The van der Waals surface area contributed by atoms with Gasteiger partial charge in [-0.1, -0.05) is 60.7 Å². The first-order valence-electron chi connectivity index (χ1n) is 12.3. The Labute approximate surface area is 225 Å². The molecule has 0 saturated heterocycles. The molecule has 12 heteroatoms. The molecule has 0 spiro atoms. The summed E-state index contributed by atoms with van der Waals surface area (Å²) in [4.78, 5) is 13.9. The number of halogens is 6. The Morgan fingerprint density at radius 3 is 1.85 bits per heavy atom. The van der Waals surface area contributed by atoms with Crippen LogP contribution < -0.4 is 11.0 Å². The number of benzene rings is 3. The Kier molecular flexibility index (Phi) is 9.10. The molecule has 0 amide bonds. The van der Waals surface area contributed by atoms with E-state index in [2.05, 4.69) is 20.5 Å². The summed E-state index contributed by atoms with van der Waals surface area (Å²) in [5, 5.41) is 9.35. The van der Waals surface area contributed by atoms with Gasteiger partial charge in [0, 0.05) is 18.4 Å². The largest absolute Gasteiger partial charge is 0.416 e. The molecule has 212 valence electrons. The Bertz CT molecular complexity index is 1350. The van der Waals surface area contributed by atoms with E-state index >= 15 is 0 Å². The molecule has 0 fully saturated rings. The highest BCUT2D eigenvalue weighted by molar-refractivity contribution is 5.34. The van der Waals surface area contributed by atoms with Crippen LogP contribution in [0.15, 0.2) is 83.7 Å². The zero-order valence-electron chi connectivity index (χ0n) is 21.0. The van der Waals surface area contributed by atoms with Crippen molar-refractivity contribution >= 4 is 0 Å². The highest BCUT2D eigenvalue weighted by Gasteiger charge is 2.37. The predicted octanol–water partition coefficient (Wildman–Crippen LogP) is 5.89. The minimum absolute atomic E-state index is 0.0101. The smallest absolute Gasteiger partial charge is 0.376 e.